The van der Waals surface area contributed by atoms with Crippen LogP contribution >= 0.6 is 15.6 Å². The average Bonchev–Trinajstić information content (AvgIpc) is 3.72. The van der Waals surface area contributed by atoms with Crippen LogP contribution in [0.2, 0.25) is 0 Å². The van der Waals surface area contributed by atoms with Crippen molar-refractivity contribution in [1.29, 1.82) is 0 Å². The summed E-state index contributed by atoms with van der Waals surface area (Å²) in [7, 11) is -10.1. The SMILES string of the molecule is Nc1nc2c(ncn2[C@@H]2CC3=C(O)C2OP(=O)(O)OC[C@H]2O[C@@H](n4cnc5c(=O)[nH]cnc54)C(O)C2OP(=O)(O)OC3)c(=O)[nH]1. The van der Waals surface area contributed by atoms with Gasteiger partial charge in [-0.1, -0.05) is 0 Å². The Bertz CT molecular complexity index is 2070. The molecule has 3 aliphatic rings. The highest BCUT2D eigenvalue weighted by Gasteiger charge is 2.51. The Morgan fingerprint density at radius 1 is 0.978 bits per heavy atom. The van der Waals surface area contributed by atoms with E-state index in [1.807, 2.05) is 0 Å². The highest BCUT2D eigenvalue weighted by atomic mass is 31.2. The Balaban J connectivity index is 1.22. The number of hydrogen-bond acceptors (Lipinski definition) is 16. The number of imidazole rings is 2. The van der Waals surface area contributed by atoms with Gasteiger partial charge in [-0.25, -0.2) is 24.1 Å². The van der Waals surface area contributed by atoms with Gasteiger partial charge < -0.3 is 40.0 Å². The van der Waals surface area contributed by atoms with Crippen molar-refractivity contribution in [3.63, 3.8) is 0 Å². The highest BCUT2D eigenvalue weighted by molar-refractivity contribution is 7.47. The summed E-state index contributed by atoms with van der Waals surface area (Å²) in [6.07, 6.45) is -4.76. The Morgan fingerprint density at radius 2 is 1.69 bits per heavy atom. The number of aromatic amines is 2. The highest BCUT2D eigenvalue weighted by Crippen LogP contribution is 2.54. The topological polar surface area (TPSA) is 314 Å². The molecule has 1 aliphatic carbocycles. The van der Waals surface area contributed by atoms with Crippen LogP contribution in [0.4, 0.5) is 5.95 Å². The van der Waals surface area contributed by atoms with E-state index >= 15 is 0 Å². The van der Waals surface area contributed by atoms with Gasteiger partial charge >= 0.3 is 15.6 Å². The number of nitrogen functional groups attached to an aromatic ring is 1. The molecule has 2 aliphatic heterocycles. The number of nitrogens with zero attached hydrogens (tertiary/aromatic N) is 6. The number of aliphatic hydroxyl groups is 2. The van der Waals surface area contributed by atoms with E-state index in [0.717, 1.165) is 12.7 Å². The molecule has 45 heavy (non-hydrogen) atoms. The van der Waals surface area contributed by atoms with Gasteiger partial charge in [0.05, 0.1) is 38.2 Å². The van der Waals surface area contributed by atoms with Crippen LogP contribution in [0.15, 0.2) is 39.9 Å². The maximum Gasteiger partial charge on any atom is 0.473 e. The monoisotopic (exact) mass is 671 g/mol. The van der Waals surface area contributed by atoms with Crippen LogP contribution in [0.25, 0.3) is 22.3 Å². The van der Waals surface area contributed by atoms with Crippen LogP contribution in [-0.4, -0.2) is 96.7 Å². The molecule has 240 valence electrons. The number of nitrogens with two attached hydrogens (primary N) is 1. The van der Waals surface area contributed by atoms with Crippen LogP contribution in [0.5, 0.6) is 0 Å². The lowest BCUT2D eigenvalue weighted by Gasteiger charge is -2.26. The van der Waals surface area contributed by atoms with Crippen molar-refractivity contribution >= 4 is 43.9 Å². The van der Waals surface area contributed by atoms with Gasteiger partial charge in [0.1, 0.15) is 30.2 Å². The molecule has 24 heteroatoms. The smallest absolute Gasteiger partial charge is 0.473 e. The first-order chi connectivity index (χ1) is 21.3. The molecule has 0 amide bonds. The van der Waals surface area contributed by atoms with Gasteiger partial charge in [-0.3, -0.25) is 37.2 Å². The second-order valence-corrected chi connectivity index (χ2v) is 13.1. The first kappa shape index (κ1) is 29.9. The predicted molar refractivity (Wildman–Crippen MR) is 145 cm³/mol. The zero-order chi connectivity index (χ0) is 31.8. The van der Waals surface area contributed by atoms with E-state index in [-0.39, 0.29) is 40.3 Å². The van der Waals surface area contributed by atoms with Crippen molar-refractivity contribution in [2.75, 3.05) is 18.9 Å². The fraction of sp³-hybridized carbons (Fsp3) is 0.429. The molecule has 7 rings (SSSR count). The number of phosphoric ester groups is 2. The van der Waals surface area contributed by atoms with E-state index in [9.17, 15) is 38.7 Å². The summed E-state index contributed by atoms with van der Waals surface area (Å²) in [5.74, 6) is -0.872. The summed E-state index contributed by atoms with van der Waals surface area (Å²) in [5.41, 5.74) is 4.12. The Kier molecular flexibility index (Phi) is 7.05. The van der Waals surface area contributed by atoms with Crippen molar-refractivity contribution in [2.24, 2.45) is 0 Å². The van der Waals surface area contributed by atoms with Crippen LogP contribution in [0.3, 0.4) is 0 Å². The second kappa shape index (κ2) is 10.6. The zero-order valence-electron chi connectivity index (χ0n) is 22.4. The number of phosphoric acid groups is 2. The molecule has 4 aromatic heterocycles. The number of hydrogen-bond donors (Lipinski definition) is 7. The fourth-order valence-corrected chi connectivity index (χ4v) is 7.35. The Morgan fingerprint density at radius 3 is 2.47 bits per heavy atom. The van der Waals surface area contributed by atoms with Crippen LogP contribution in [0, 0.1) is 0 Å². The van der Waals surface area contributed by atoms with Crippen LogP contribution < -0.4 is 16.9 Å². The molecular formula is C21H23N9O13P2. The molecule has 0 spiro atoms. The average molecular weight is 671 g/mol. The number of rotatable bonds is 2. The molecule has 2 bridgehead atoms. The van der Waals surface area contributed by atoms with E-state index in [1.165, 1.54) is 15.5 Å². The van der Waals surface area contributed by atoms with E-state index in [2.05, 4.69) is 29.9 Å². The quantitative estimate of drug-likeness (QED) is 0.124. The molecule has 5 unspecified atom stereocenters. The number of H-pyrrole nitrogens is 2. The van der Waals surface area contributed by atoms with Crippen molar-refractivity contribution in [2.45, 2.75) is 43.1 Å². The van der Waals surface area contributed by atoms with Crippen LogP contribution in [0.1, 0.15) is 18.7 Å². The lowest BCUT2D eigenvalue weighted by Crippen LogP contribution is -2.36. The standard InChI is InChI=1S/C21H23N9O13P2/c22-21-27-17-11(19(34)28-21)25-5-29(17)8-1-7-2-39-44(35,36)43-15-9(3-40-45(37,38)42-14(8)12(7)31)41-20(13(15)32)30-6-26-10-16(30)23-4-24-18(10)33/h4-6,8-9,13-15,20,31-32H,1-3H2,(H,35,36)(H,37,38)(H,23,24,33)(H3,22,27,28,34)/t8-,9-,13?,14?,15?,20-/m1/s1. The van der Waals surface area contributed by atoms with Crippen molar-refractivity contribution in [3.8, 4) is 0 Å². The summed E-state index contributed by atoms with van der Waals surface area (Å²) >= 11 is 0. The maximum absolute atomic E-state index is 13.2. The third kappa shape index (κ3) is 5.20. The van der Waals surface area contributed by atoms with Gasteiger partial charge in [0, 0.05) is 0 Å². The van der Waals surface area contributed by atoms with Gasteiger partial charge in [0.15, 0.2) is 28.6 Å². The van der Waals surface area contributed by atoms with Gasteiger partial charge in [-0.05, 0) is 12.0 Å². The summed E-state index contributed by atoms with van der Waals surface area (Å²) < 4.78 is 55.4. The van der Waals surface area contributed by atoms with Crippen molar-refractivity contribution in [1.82, 2.24) is 39.0 Å². The zero-order valence-corrected chi connectivity index (χ0v) is 24.2. The fourth-order valence-electron chi connectivity index (χ4n) is 5.48. The second-order valence-electron chi connectivity index (χ2n) is 10.2. The Hall–Kier alpha value is -3.82. The first-order valence-electron chi connectivity index (χ1n) is 13.0. The van der Waals surface area contributed by atoms with Gasteiger partial charge in [0.2, 0.25) is 5.95 Å². The molecule has 1 fully saturated rings. The molecule has 0 radical (unpaired) electrons. The van der Waals surface area contributed by atoms with Gasteiger partial charge in [0.25, 0.3) is 11.1 Å². The van der Waals surface area contributed by atoms with E-state index < -0.39 is 82.4 Å². The molecule has 0 saturated carbocycles. The number of nitrogens with one attached hydrogen (secondary N) is 2. The van der Waals surface area contributed by atoms with E-state index in [4.69, 9.17) is 28.6 Å². The third-order valence-electron chi connectivity index (χ3n) is 7.50. The van der Waals surface area contributed by atoms with Crippen LogP contribution in [-0.2, 0) is 32.0 Å². The molecule has 6 heterocycles. The number of aromatic nitrogens is 8. The minimum absolute atomic E-state index is 0.00703. The number of ether oxygens (including phenoxy) is 1. The van der Waals surface area contributed by atoms with Gasteiger partial charge in [-0.15, -0.1) is 0 Å². The molecule has 0 aromatic carbocycles. The number of anilines is 1. The largest absolute Gasteiger partial charge is 0.509 e. The maximum atomic E-state index is 13.2. The predicted octanol–water partition coefficient (Wildman–Crippen LogP) is -1.13. The molecule has 8 atom stereocenters. The molecular weight excluding hydrogens is 648 g/mol. The Labute approximate surface area is 248 Å². The van der Waals surface area contributed by atoms with Crippen molar-refractivity contribution < 1.29 is 52.0 Å². The molecule has 4 aromatic rings. The summed E-state index contributed by atoms with van der Waals surface area (Å²) in [4.78, 5) is 66.4. The lowest BCUT2D eigenvalue weighted by atomic mass is 10.1. The van der Waals surface area contributed by atoms with Crippen molar-refractivity contribution in [3.05, 3.63) is 51.0 Å². The number of fused-ring (bicyclic) bond motifs is 4. The summed E-state index contributed by atoms with van der Waals surface area (Å²) in [5, 5.41) is 22.1. The summed E-state index contributed by atoms with van der Waals surface area (Å²) in [6, 6.07) is -1.08. The first-order valence-corrected chi connectivity index (χ1v) is 16.0. The molecule has 22 nitrogen and oxygen atoms in total. The number of aliphatic hydroxyl groups excluding tert-OH is 2. The molecule has 8 N–H and O–H groups in total. The van der Waals surface area contributed by atoms with E-state index in [1.54, 1.807) is 0 Å². The molecule has 1 saturated heterocycles. The minimum Gasteiger partial charge on any atom is -0.509 e. The van der Waals surface area contributed by atoms with Gasteiger partial charge in [-0.2, -0.15) is 4.98 Å². The van der Waals surface area contributed by atoms with E-state index in [0.29, 0.717) is 0 Å². The third-order valence-corrected chi connectivity index (χ3v) is 9.43. The normalized spacial score (nSPS) is 34.5. The minimum atomic E-state index is -5.09. The summed E-state index contributed by atoms with van der Waals surface area (Å²) in [6.45, 7) is -1.57. The lowest BCUT2D eigenvalue weighted by molar-refractivity contribution is -0.0529.